The molecule has 3 aliphatic rings. The zero-order valence-corrected chi connectivity index (χ0v) is 17.2. The van der Waals surface area contributed by atoms with E-state index in [0.29, 0.717) is 6.61 Å². The van der Waals surface area contributed by atoms with Gasteiger partial charge in [-0.25, -0.2) is 13.6 Å². The van der Waals surface area contributed by atoms with Gasteiger partial charge in [0.25, 0.3) is 0 Å². The van der Waals surface area contributed by atoms with Gasteiger partial charge in [-0.15, -0.1) is 0 Å². The number of hydrogen-bond acceptors (Lipinski definition) is 7. The number of halogens is 2. The number of amides is 2. The summed E-state index contributed by atoms with van der Waals surface area (Å²) in [6, 6.07) is 2.02. The van der Waals surface area contributed by atoms with Gasteiger partial charge in [0.1, 0.15) is 18.5 Å². The molecule has 11 nitrogen and oxygen atoms in total. The Bertz CT molecular complexity index is 914. The van der Waals surface area contributed by atoms with Crippen molar-refractivity contribution in [1.82, 2.24) is 4.90 Å². The van der Waals surface area contributed by atoms with E-state index in [1.54, 1.807) is 0 Å². The third kappa shape index (κ3) is 4.69. The highest BCUT2D eigenvalue weighted by atomic mass is 19.1. The predicted octanol–water partition coefficient (Wildman–Crippen LogP) is 2.71. The lowest BCUT2D eigenvalue weighted by atomic mass is 10.2. The van der Waals surface area contributed by atoms with Crippen LogP contribution in [0.25, 0.3) is 10.4 Å². The molecule has 0 aliphatic carbocycles. The van der Waals surface area contributed by atoms with Gasteiger partial charge in [-0.3, -0.25) is 14.6 Å². The van der Waals surface area contributed by atoms with Crippen molar-refractivity contribution < 1.29 is 32.6 Å². The van der Waals surface area contributed by atoms with E-state index >= 15 is 0 Å². The summed E-state index contributed by atoms with van der Waals surface area (Å²) in [7, 11) is 0. The second kappa shape index (κ2) is 9.55. The van der Waals surface area contributed by atoms with Gasteiger partial charge in [-0.1, -0.05) is 5.11 Å². The first-order chi connectivity index (χ1) is 15.5. The monoisotopic (exact) mass is 452 g/mol. The molecule has 0 spiro atoms. The third-order valence-corrected chi connectivity index (χ3v) is 5.43. The Hall–Kier alpha value is -3.15. The zero-order chi connectivity index (χ0) is 22.7. The van der Waals surface area contributed by atoms with Crippen molar-refractivity contribution in [3.05, 3.63) is 34.2 Å². The maximum Gasteiger partial charge on any atom is 0.414 e. The molecule has 2 atom stereocenters. The first-order valence-electron chi connectivity index (χ1n) is 10.2. The van der Waals surface area contributed by atoms with Crippen LogP contribution in [0, 0.1) is 11.6 Å². The minimum atomic E-state index is -0.919. The molecule has 0 aromatic heterocycles. The minimum Gasteiger partial charge on any atom is -0.444 e. The lowest BCUT2D eigenvalue weighted by Crippen LogP contribution is -2.34. The van der Waals surface area contributed by atoms with E-state index in [0.717, 1.165) is 36.3 Å². The lowest BCUT2D eigenvalue weighted by molar-refractivity contribution is -0.184. The van der Waals surface area contributed by atoms with Gasteiger partial charge in [0.15, 0.2) is 17.9 Å². The smallest absolute Gasteiger partial charge is 0.414 e. The fraction of sp³-hybridized carbons (Fsp3) is 0.579. The average Bonchev–Trinajstić information content (AvgIpc) is 3.33. The van der Waals surface area contributed by atoms with Gasteiger partial charge in [-0.05, 0) is 24.8 Å². The van der Waals surface area contributed by atoms with E-state index in [2.05, 4.69) is 10.0 Å². The standard InChI is InChI=1S/C19H22F2N6O5/c20-14-5-12(27-8-13(7-23-24-22)32-19(27)29)6-15(21)18(14)25-9-16(28)26(10-25)11-31-17-3-1-2-4-30-17/h5-6,13,17H,1-4,7-11H2/t13-,17?/m0/s1. The van der Waals surface area contributed by atoms with E-state index < -0.39 is 23.8 Å². The zero-order valence-electron chi connectivity index (χ0n) is 17.2. The van der Waals surface area contributed by atoms with E-state index in [1.165, 1.54) is 9.80 Å². The van der Waals surface area contributed by atoms with E-state index in [4.69, 9.17) is 19.7 Å². The molecule has 0 N–H and O–H groups in total. The van der Waals surface area contributed by atoms with Crippen molar-refractivity contribution in [2.45, 2.75) is 31.7 Å². The summed E-state index contributed by atoms with van der Waals surface area (Å²) in [4.78, 5) is 30.6. The van der Waals surface area contributed by atoms with Crippen molar-refractivity contribution in [3.63, 3.8) is 0 Å². The number of nitrogens with zero attached hydrogens (tertiary/aromatic N) is 6. The van der Waals surface area contributed by atoms with Crippen LogP contribution in [-0.4, -0.2) is 68.9 Å². The number of anilines is 2. The molecule has 13 heteroatoms. The normalized spacial score (nSPS) is 23.5. The first-order valence-corrected chi connectivity index (χ1v) is 10.2. The average molecular weight is 452 g/mol. The van der Waals surface area contributed by atoms with Gasteiger partial charge in [0.05, 0.1) is 32.0 Å². The SMILES string of the molecule is [N-]=[N+]=NC[C@H]1CN(c2cc(F)c(N3CC(=O)N(COC4CCCCO4)C3)c(F)c2)C(=O)O1. The van der Waals surface area contributed by atoms with Crippen molar-refractivity contribution in [3.8, 4) is 0 Å². The second-order valence-corrected chi connectivity index (χ2v) is 7.65. The van der Waals surface area contributed by atoms with Crippen molar-refractivity contribution >= 4 is 23.4 Å². The number of carbonyl (C=O) groups is 2. The Kier molecular flexibility index (Phi) is 6.58. The van der Waals surface area contributed by atoms with Crippen molar-refractivity contribution in [2.75, 3.05) is 49.4 Å². The molecule has 3 aliphatic heterocycles. The van der Waals surface area contributed by atoms with Crippen LogP contribution >= 0.6 is 0 Å². The number of ether oxygens (including phenoxy) is 3. The van der Waals surface area contributed by atoms with Crippen LogP contribution in [0.5, 0.6) is 0 Å². The highest BCUT2D eigenvalue weighted by Gasteiger charge is 2.35. The molecule has 1 unspecified atom stereocenters. The summed E-state index contributed by atoms with van der Waals surface area (Å²) >= 11 is 0. The Morgan fingerprint density at radius 3 is 2.72 bits per heavy atom. The highest BCUT2D eigenvalue weighted by Crippen LogP contribution is 2.32. The Morgan fingerprint density at radius 1 is 1.25 bits per heavy atom. The van der Waals surface area contributed by atoms with Gasteiger partial charge in [-0.2, -0.15) is 0 Å². The molecule has 3 heterocycles. The topological polar surface area (TPSA) is 120 Å². The quantitative estimate of drug-likeness (QED) is 0.356. The molecule has 3 fully saturated rings. The molecule has 0 bridgehead atoms. The fourth-order valence-electron chi connectivity index (χ4n) is 3.84. The molecule has 0 radical (unpaired) electrons. The molecule has 172 valence electrons. The predicted molar refractivity (Wildman–Crippen MR) is 107 cm³/mol. The van der Waals surface area contributed by atoms with Crippen molar-refractivity contribution in [2.24, 2.45) is 5.11 Å². The van der Waals surface area contributed by atoms with Gasteiger partial charge >= 0.3 is 6.09 Å². The summed E-state index contributed by atoms with van der Waals surface area (Å²) in [6.07, 6.45) is 0.792. The van der Waals surface area contributed by atoms with Gasteiger partial charge in [0, 0.05) is 23.7 Å². The van der Waals surface area contributed by atoms with Gasteiger partial charge < -0.3 is 19.1 Å². The third-order valence-electron chi connectivity index (χ3n) is 5.43. The van der Waals surface area contributed by atoms with E-state index in [1.807, 2.05) is 0 Å². The molecule has 4 rings (SSSR count). The van der Waals surface area contributed by atoms with Gasteiger partial charge in [0.2, 0.25) is 5.91 Å². The summed E-state index contributed by atoms with van der Waals surface area (Å²) in [5.41, 5.74) is 7.98. The van der Waals surface area contributed by atoms with Crippen molar-refractivity contribution in [1.29, 1.82) is 0 Å². The van der Waals surface area contributed by atoms with Crippen LogP contribution < -0.4 is 9.80 Å². The maximum atomic E-state index is 14.9. The second-order valence-electron chi connectivity index (χ2n) is 7.65. The Labute approximate surface area is 182 Å². The lowest BCUT2D eigenvalue weighted by Gasteiger charge is -2.26. The summed E-state index contributed by atoms with van der Waals surface area (Å²) < 4.78 is 45.8. The van der Waals surface area contributed by atoms with Crippen LogP contribution in [0.1, 0.15) is 19.3 Å². The Morgan fingerprint density at radius 2 is 2.03 bits per heavy atom. The largest absolute Gasteiger partial charge is 0.444 e. The summed E-state index contributed by atoms with van der Waals surface area (Å²) in [5, 5.41) is 3.34. The number of benzene rings is 1. The maximum absolute atomic E-state index is 14.9. The highest BCUT2D eigenvalue weighted by molar-refractivity contribution is 5.90. The van der Waals surface area contributed by atoms with Crippen LogP contribution in [0.4, 0.5) is 25.0 Å². The summed E-state index contributed by atoms with van der Waals surface area (Å²) in [6.45, 7) is 0.229. The molecule has 32 heavy (non-hydrogen) atoms. The number of azide groups is 1. The Balaban J connectivity index is 1.42. The fourth-order valence-corrected chi connectivity index (χ4v) is 3.84. The van der Waals surface area contributed by atoms with E-state index in [-0.39, 0.29) is 56.6 Å². The van der Waals surface area contributed by atoms with Crippen LogP contribution in [0.2, 0.25) is 0 Å². The molecular formula is C19H22F2N6O5. The van der Waals surface area contributed by atoms with Crippen LogP contribution in [0.15, 0.2) is 17.2 Å². The minimum absolute atomic E-state index is 0.00731. The van der Waals surface area contributed by atoms with Crippen LogP contribution in [0.3, 0.4) is 0 Å². The number of rotatable bonds is 7. The first kappa shape index (κ1) is 22.1. The molecule has 0 saturated carbocycles. The number of hydrogen-bond donors (Lipinski definition) is 0. The van der Waals surface area contributed by atoms with Crippen LogP contribution in [-0.2, 0) is 19.0 Å². The summed E-state index contributed by atoms with van der Waals surface area (Å²) in [5.74, 6) is -2.16. The molecular weight excluding hydrogens is 430 g/mol. The molecule has 3 saturated heterocycles. The molecule has 1 aromatic rings. The van der Waals surface area contributed by atoms with E-state index in [9.17, 15) is 18.4 Å². The molecule has 2 amide bonds. The number of carbonyl (C=O) groups excluding carboxylic acids is 2. The number of cyclic esters (lactones) is 1. The molecule has 1 aromatic carbocycles.